The summed E-state index contributed by atoms with van der Waals surface area (Å²) < 4.78 is 18.7. The number of amides is 1. The third kappa shape index (κ3) is 7.23. The van der Waals surface area contributed by atoms with Crippen LogP contribution in [0.5, 0.6) is 11.8 Å². The van der Waals surface area contributed by atoms with Gasteiger partial charge in [-0.25, -0.2) is 4.79 Å². The minimum atomic E-state index is -0.510. The first-order chi connectivity index (χ1) is 24.7. The van der Waals surface area contributed by atoms with E-state index in [-0.39, 0.29) is 24.1 Å². The molecule has 1 amide bonds. The van der Waals surface area contributed by atoms with Crippen LogP contribution >= 0.6 is 0 Å². The highest BCUT2D eigenvalue weighted by molar-refractivity contribution is 5.95. The van der Waals surface area contributed by atoms with Crippen LogP contribution in [0.1, 0.15) is 87.7 Å². The van der Waals surface area contributed by atoms with E-state index in [4.69, 9.17) is 24.2 Å². The SMILES string of the molecule is CN1CCC[C@H]1COc1nc2c(c(C3CC4CCC(C3)N4C(=O)OC(C)(C)C)n1)CCN(c1cc(OCc3ccccc3)cc3ccccc13)C2. The van der Waals surface area contributed by atoms with Gasteiger partial charge in [0, 0.05) is 47.7 Å². The van der Waals surface area contributed by atoms with E-state index in [1.165, 1.54) is 17.4 Å². The van der Waals surface area contributed by atoms with Crippen LogP contribution in [0.4, 0.5) is 10.5 Å². The molecule has 0 aliphatic carbocycles. The Labute approximate surface area is 301 Å². The molecule has 51 heavy (non-hydrogen) atoms. The fourth-order valence-corrected chi connectivity index (χ4v) is 8.77. The van der Waals surface area contributed by atoms with E-state index in [0.29, 0.717) is 31.8 Å². The molecule has 2 unspecified atom stereocenters. The fraction of sp³-hybridized carbons (Fsp3) is 0.500. The number of fused-ring (bicyclic) bond motifs is 4. The van der Waals surface area contributed by atoms with Gasteiger partial charge in [0.05, 0.1) is 17.9 Å². The van der Waals surface area contributed by atoms with E-state index in [9.17, 15) is 4.79 Å². The zero-order valence-electron chi connectivity index (χ0n) is 30.5. The van der Waals surface area contributed by atoms with Gasteiger partial charge < -0.3 is 28.9 Å². The molecule has 5 heterocycles. The standard InChI is InChI=1S/C42H51N5O4/c1-42(2,3)51-41(48)47-31-16-17-32(47)22-30(21-31)39-36-18-20-46(25-37(36)43-40(44-39)50-27-33-14-10-19-45(33)4)38-24-34(23-29-13-8-9-15-35(29)38)49-26-28-11-6-5-7-12-28/h5-9,11-13,15,23-24,30-33H,10,14,16-22,25-27H2,1-4H3/t30?,31?,32?,33-/m0/s1. The number of hydrogen-bond donors (Lipinski definition) is 0. The summed E-state index contributed by atoms with van der Waals surface area (Å²) in [6.07, 6.45) is 6.78. The van der Waals surface area contributed by atoms with Gasteiger partial charge in [0.2, 0.25) is 0 Å². The van der Waals surface area contributed by atoms with Crippen molar-refractivity contribution in [3.05, 3.63) is 89.2 Å². The summed E-state index contributed by atoms with van der Waals surface area (Å²) in [4.78, 5) is 30.5. The number of hydrogen-bond acceptors (Lipinski definition) is 8. The Morgan fingerprint density at radius 1 is 0.902 bits per heavy atom. The van der Waals surface area contributed by atoms with Crippen molar-refractivity contribution in [2.24, 2.45) is 0 Å². The molecule has 268 valence electrons. The maximum Gasteiger partial charge on any atom is 0.410 e. The normalized spacial score (nSPS) is 23.4. The van der Waals surface area contributed by atoms with Crippen molar-refractivity contribution >= 4 is 22.6 Å². The average molecular weight is 690 g/mol. The highest BCUT2D eigenvalue weighted by atomic mass is 16.6. The van der Waals surface area contributed by atoms with E-state index in [2.05, 4.69) is 65.4 Å². The van der Waals surface area contributed by atoms with Gasteiger partial charge in [-0.15, -0.1) is 0 Å². The van der Waals surface area contributed by atoms with Crippen molar-refractivity contribution < 1.29 is 19.0 Å². The first-order valence-electron chi connectivity index (χ1n) is 18.9. The molecular formula is C42H51N5O4. The molecule has 1 aromatic heterocycles. The Morgan fingerprint density at radius 3 is 2.41 bits per heavy atom. The van der Waals surface area contributed by atoms with Crippen molar-refractivity contribution in [2.45, 2.75) is 109 Å². The smallest absolute Gasteiger partial charge is 0.410 e. The monoisotopic (exact) mass is 689 g/mol. The van der Waals surface area contributed by atoms with Crippen LogP contribution in [0, 0.1) is 0 Å². The minimum Gasteiger partial charge on any atom is -0.489 e. The van der Waals surface area contributed by atoms with Crippen LogP contribution in [-0.2, 0) is 24.3 Å². The second-order valence-electron chi connectivity index (χ2n) is 16.0. The Morgan fingerprint density at radius 2 is 1.67 bits per heavy atom. The summed E-state index contributed by atoms with van der Waals surface area (Å²) in [5.41, 5.74) is 5.21. The fourth-order valence-electron chi connectivity index (χ4n) is 8.77. The second-order valence-corrected chi connectivity index (χ2v) is 16.0. The lowest BCUT2D eigenvalue weighted by Crippen LogP contribution is -2.48. The molecule has 2 bridgehead atoms. The lowest BCUT2D eigenvalue weighted by Gasteiger charge is -2.40. The molecule has 9 heteroatoms. The van der Waals surface area contributed by atoms with E-state index < -0.39 is 5.60 Å². The van der Waals surface area contributed by atoms with Gasteiger partial charge in [-0.1, -0.05) is 54.6 Å². The number of ether oxygens (including phenoxy) is 3. The molecule has 4 aliphatic rings. The molecule has 4 aliphatic heterocycles. The predicted octanol–water partition coefficient (Wildman–Crippen LogP) is 7.89. The topological polar surface area (TPSA) is 80.3 Å². The molecule has 3 aromatic carbocycles. The number of carbonyl (C=O) groups excluding carboxylic acids is 1. The largest absolute Gasteiger partial charge is 0.489 e. The van der Waals surface area contributed by atoms with Crippen LogP contribution in [0.3, 0.4) is 0 Å². The summed E-state index contributed by atoms with van der Waals surface area (Å²) in [5, 5.41) is 2.36. The first kappa shape index (κ1) is 33.8. The average Bonchev–Trinajstić information content (AvgIpc) is 3.66. The number of likely N-dealkylation sites (N-methyl/N-ethyl adjacent to an activating group) is 1. The molecule has 4 aromatic rings. The number of nitrogens with zero attached hydrogens (tertiary/aromatic N) is 5. The number of benzene rings is 3. The zero-order chi connectivity index (χ0) is 35.1. The van der Waals surface area contributed by atoms with Gasteiger partial charge >= 0.3 is 12.1 Å². The molecular weight excluding hydrogens is 638 g/mol. The zero-order valence-corrected chi connectivity index (χ0v) is 30.5. The molecule has 8 rings (SSSR count). The Bertz CT molecular complexity index is 1860. The molecule has 0 saturated carbocycles. The van der Waals surface area contributed by atoms with Crippen LogP contribution in [-0.4, -0.2) is 76.3 Å². The lowest BCUT2D eigenvalue weighted by molar-refractivity contribution is 0.00562. The molecule has 3 atom stereocenters. The number of carbonyl (C=O) groups is 1. The van der Waals surface area contributed by atoms with Crippen LogP contribution in [0.15, 0.2) is 66.7 Å². The summed E-state index contributed by atoms with van der Waals surface area (Å²) in [7, 11) is 2.17. The summed E-state index contributed by atoms with van der Waals surface area (Å²) in [6, 6.07) is 24.4. The van der Waals surface area contributed by atoms with Gasteiger partial charge in [-0.3, -0.25) is 0 Å². The molecule has 3 fully saturated rings. The molecule has 0 N–H and O–H groups in total. The maximum absolute atomic E-state index is 13.3. The van der Waals surface area contributed by atoms with Crippen molar-refractivity contribution in [1.29, 1.82) is 0 Å². The Hall–Kier alpha value is -4.37. The maximum atomic E-state index is 13.3. The third-order valence-corrected chi connectivity index (χ3v) is 11.3. The van der Waals surface area contributed by atoms with Gasteiger partial charge in [-0.2, -0.15) is 9.97 Å². The predicted molar refractivity (Wildman–Crippen MR) is 200 cm³/mol. The first-order valence-corrected chi connectivity index (χ1v) is 18.9. The molecule has 0 radical (unpaired) electrons. The van der Waals surface area contributed by atoms with Crippen LogP contribution in [0.25, 0.3) is 10.8 Å². The quantitative estimate of drug-likeness (QED) is 0.185. The van der Waals surface area contributed by atoms with Gasteiger partial charge in [-0.05, 0) is 102 Å². The number of piperidine rings is 1. The Kier molecular flexibility index (Phi) is 9.25. The van der Waals surface area contributed by atoms with Gasteiger partial charge in [0.15, 0.2) is 0 Å². The van der Waals surface area contributed by atoms with Crippen molar-refractivity contribution in [3.63, 3.8) is 0 Å². The molecule has 3 saturated heterocycles. The lowest BCUT2D eigenvalue weighted by atomic mass is 9.84. The highest BCUT2D eigenvalue weighted by Gasteiger charge is 2.46. The summed E-state index contributed by atoms with van der Waals surface area (Å²) in [5.74, 6) is 1.11. The number of anilines is 1. The third-order valence-electron chi connectivity index (χ3n) is 11.3. The van der Waals surface area contributed by atoms with Crippen LogP contribution in [0.2, 0.25) is 0 Å². The molecule has 9 nitrogen and oxygen atoms in total. The van der Waals surface area contributed by atoms with Crippen molar-refractivity contribution in [1.82, 2.24) is 19.8 Å². The molecule has 0 spiro atoms. The van der Waals surface area contributed by atoms with E-state index in [1.807, 2.05) is 43.9 Å². The highest BCUT2D eigenvalue weighted by Crippen LogP contribution is 2.45. The number of likely N-dealkylation sites (tertiary alicyclic amines) is 1. The summed E-state index contributed by atoms with van der Waals surface area (Å²) in [6.45, 7) is 9.55. The van der Waals surface area contributed by atoms with Crippen LogP contribution < -0.4 is 14.4 Å². The van der Waals surface area contributed by atoms with E-state index >= 15 is 0 Å². The van der Waals surface area contributed by atoms with E-state index in [1.54, 1.807) is 0 Å². The minimum absolute atomic E-state index is 0.163. The van der Waals surface area contributed by atoms with Crippen molar-refractivity contribution in [2.75, 3.05) is 31.6 Å². The number of rotatable bonds is 8. The van der Waals surface area contributed by atoms with E-state index in [0.717, 1.165) is 85.4 Å². The van der Waals surface area contributed by atoms with Gasteiger partial charge in [0.25, 0.3) is 0 Å². The summed E-state index contributed by atoms with van der Waals surface area (Å²) >= 11 is 0. The second kappa shape index (κ2) is 14.0. The Balaban J connectivity index is 1.09. The van der Waals surface area contributed by atoms with Gasteiger partial charge in [0.1, 0.15) is 24.6 Å². The van der Waals surface area contributed by atoms with Crippen molar-refractivity contribution in [3.8, 4) is 11.8 Å². The number of aromatic nitrogens is 2.